The summed E-state index contributed by atoms with van der Waals surface area (Å²) in [6.07, 6.45) is 2.49. The van der Waals surface area contributed by atoms with Gasteiger partial charge in [-0.15, -0.1) is 5.10 Å². The summed E-state index contributed by atoms with van der Waals surface area (Å²) in [7, 11) is -1.26. The molecule has 9 heteroatoms. The first-order valence-corrected chi connectivity index (χ1v) is 12.9. The lowest BCUT2D eigenvalue weighted by atomic mass is 10.1. The highest BCUT2D eigenvalue weighted by Crippen LogP contribution is 2.30. The van der Waals surface area contributed by atoms with Crippen LogP contribution in [0, 0.1) is 11.6 Å². The van der Waals surface area contributed by atoms with Gasteiger partial charge in [0.25, 0.3) is 0 Å². The molecule has 0 unspecified atom stereocenters. The second-order valence-corrected chi connectivity index (χ2v) is 13.6. The quantitative estimate of drug-likeness (QED) is 0.552. The fourth-order valence-electron chi connectivity index (χ4n) is 2.79. The molecule has 0 amide bonds. The molecule has 0 atom stereocenters. The zero-order valence-corrected chi connectivity index (χ0v) is 17.3. The summed E-state index contributed by atoms with van der Waals surface area (Å²) in [5.41, 5.74) is 0.533. The normalized spacial score (nSPS) is 15.0. The van der Waals surface area contributed by atoms with Crippen molar-refractivity contribution in [2.24, 2.45) is 0 Å². The fourth-order valence-corrected chi connectivity index (χ4v) is 3.54. The summed E-state index contributed by atoms with van der Waals surface area (Å²) in [4.78, 5) is 4.38. The molecule has 1 aliphatic rings. The van der Waals surface area contributed by atoms with Crippen LogP contribution in [0.1, 0.15) is 12.2 Å². The predicted octanol–water partition coefficient (Wildman–Crippen LogP) is 4.04. The van der Waals surface area contributed by atoms with E-state index < -0.39 is 25.5 Å². The van der Waals surface area contributed by atoms with Crippen molar-refractivity contribution in [3.8, 4) is 17.1 Å². The van der Waals surface area contributed by atoms with Crippen LogP contribution in [0.2, 0.25) is 25.7 Å². The Kier molecular flexibility index (Phi) is 6.26. The van der Waals surface area contributed by atoms with Gasteiger partial charge < -0.3 is 14.6 Å². The Labute approximate surface area is 163 Å². The molecule has 1 aliphatic heterocycles. The third kappa shape index (κ3) is 5.03. The van der Waals surface area contributed by atoms with Crippen LogP contribution in [-0.2, 0) is 16.2 Å². The summed E-state index contributed by atoms with van der Waals surface area (Å²) < 4.78 is 41.2. The van der Waals surface area contributed by atoms with Crippen LogP contribution in [0.4, 0.5) is 8.78 Å². The monoisotopic (exact) mass is 409 g/mol. The van der Waals surface area contributed by atoms with Gasteiger partial charge in [0, 0.05) is 26.8 Å². The summed E-state index contributed by atoms with van der Waals surface area (Å²) in [6.45, 7) is 8.31. The van der Waals surface area contributed by atoms with E-state index in [1.165, 1.54) is 4.68 Å². The molecule has 0 saturated heterocycles. The van der Waals surface area contributed by atoms with Gasteiger partial charge in [-0.05, 0) is 18.0 Å². The Morgan fingerprint density at radius 1 is 1.25 bits per heavy atom. The molecule has 0 bridgehead atoms. The highest BCUT2D eigenvalue weighted by Gasteiger charge is 2.23. The number of nitrogens with zero attached hydrogens (tertiary/aromatic N) is 3. The first kappa shape index (κ1) is 20.6. The predicted molar refractivity (Wildman–Crippen MR) is 105 cm³/mol. The van der Waals surface area contributed by atoms with E-state index >= 15 is 0 Å². The highest BCUT2D eigenvalue weighted by molar-refractivity contribution is 6.76. The minimum atomic E-state index is -1.26. The van der Waals surface area contributed by atoms with E-state index in [0.717, 1.165) is 23.7 Å². The number of phenols is 1. The third-order valence-corrected chi connectivity index (χ3v) is 6.09. The Morgan fingerprint density at radius 2 is 1.96 bits per heavy atom. The lowest BCUT2D eigenvalue weighted by Gasteiger charge is -2.15. The van der Waals surface area contributed by atoms with Crippen molar-refractivity contribution in [1.29, 1.82) is 0 Å². The molecule has 1 N–H and O–H groups in total. The van der Waals surface area contributed by atoms with Gasteiger partial charge in [0.2, 0.25) is 0 Å². The van der Waals surface area contributed by atoms with Crippen LogP contribution in [0.25, 0.3) is 17.0 Å². The van der Waals surface area contributed by atoms with Crippen molar-refractivity contribution >= 4 is 13.6 Å². The molecule has 0 saturated carbocycles. The van der Waals surface area contributed by atoms with E-state index in [1.807, 2.05) is 6.08 Å². The lowest BCUT2D eigenvalue weighted by molar-refractivity contribution is 0.0794. The second-order valence-electron chi connectivity index (χ2n) is 7.95. The smallest absolute Gasteiger partial charge is 0.177 e. The van der Waals surface area contributed by atoms with Crippen molar-refractivity contribution < 1.29 is 23.4 Å². The molecule has 28 heavy (non-hydrogen) atoms. The van der Waals surface area contributed by atoms with E-state index in [0.29, 0.717) is 32.1 Å². The zero-order valence-electron chi connectivity index (χ0n) is 16.3. The van der Waals surface area contributed by atoms with Gasteiger partial charge in [-0.3, -0.25) is 0 Å². The number of aromatic hydroxyl groups is 1. The van der Waals surface area contributed by atoms with Crippen LogP contribution in [0.15, 0.2) is 18.2 Å². The van der Waals surface area contributed by atoms with Gasteiger partial charge in [0.15, 0.2) is 11.6 Å². The molecule has 152 valence electrons. The number of aromatic nitrogens is 3. The van der Waals surface area contributed by atoms with E-state index in [1.54, 1.807) is 0 Å². The van der Waals surface area contributed by atoms with Gasteiger partial charge in [-0.2, -0.15) is 0 Å². The molecule has 1 aromatic heterocycles. The van der Waals surface area contributed by atoms with Gasteiger partial charge in [0.05, 0.1) is 18.8 Å². The van der Waals surface area contributed by atoms with Gasteiger partial charge in [0.1, 0.15) is 24.1 Å². The minimum Gasteiger partial charge on any atom is -0.508 e. The number of phenolic OH excluding ortho intramolecular Hbond substituents is 1. The van der Waals surface area contributed by atoms with Gasteiger partial charge in [-0.1, -0.05) is 25.7 Å². The number of hydrogen-bond acceptors (Lipinski definition) is 5. The third-order valence-electron chi connectivity index (χ3n) is 4.38. The SMILES string of the molecule is C[Si](C)(C)CCOCn1nc(C2=CCOCC2)nc1-c1c(F)cc(O)cc1F. The molecule has 6 nitrogen and oxygen atoms in total. The zero-order chi connectivity index (χ0) is 20.3. The van der Waals surface area contributed by atoms with Crippen LogP contribution < -0.4 is 0 Å². The average Bonchev–Trinajstić information content (AvgIpc) is 3.02. The molecule has 3 rings (SSSR count). The van der Waals surface area contributed by atoms with Crippen molar-refractivity contribution in [1.82, 2.24) is 14.8 Å². The number of hydrogen-bond donors (Lipinski definition) is 1. The molecule has 2 heterocycles. The van der Waals surface area contributed by atoms with Crippen molar-refractivity contribution in [2.75, 3.05) is 19.8 Å². The average molecular weight is 410 g/mol. The van der Waals surface area contributed by atoms with Crippen LogP contribution in [-0.4, -0.2) is 47.8 Å². The summed E-state index contributed by atoms with van der Waals surface area (Å²) in [5.74, 6) is -1.85. The minimum absolute atomic E-state index is 0.0328. The first-order chi connectivity index (χ1) is 13.2. The van der Waals surface area contributed by atoms with Crippen LogP contribution in [0.5, 0.6) is 5.75 Å². The molecule has 0 radical (unpaired) electrons. The topological polar surface area (TPSA) is 69.4 Å². The van der Waals surface area contributed by atoms with E-state index in [9.17, 15) is 13.9 Å². The van der Waals surface area contributed by atoms with Crippen molar-refractivity contribution in [3.63, 3.8) is 0 Å². The molecule has 0 aliphatic carbocycles. The molecular weight excluding hydrogens is 384 g/mol. The highest BCUT2D eigenvalue weighted by atomic mass is 28.3. The molecule has 0 fully saturated rings. The number of rotatable bonds is 7. The van der Waals surface area contributed by atoms with Crippen molar-refractivity contribution in [2.45, 2.75) is 38.8 Å². The largest absolute Gasteiger partial charge is 0.508 e. The van der Waals surface area contributed by atoms with Gasteiger partial charge >= 0.3 is 0 Å². The molecule has 1 aromatic carbocycles. The summed E-state index contributed by atoms with van der Waals surface area (Å²) in [5, 5.41) is 13.8. The Morgan fingerprint density at radius 3 is 2.57 bits per heavy atom. The maximum atomic E-state index is 14.4. The van der Waals surface area contributed by atoms with E-state index in [2.05, 4.69) is 29.7 Å². The van der Waals surface area contributed by atoms with Crippen molar-refractivity contribution in [3.05, 3.63) is 35.7 Å². The Hall–Kier alpha value is -2.10. The van der Waals surface area contributed by atoms with E-state index in [4.69, 9.17) is 9.47 Å². The molecular formula is C19H25F2N3O3Si. The maximum Gasteiger partial charge on any atom is 0.177 e. The number of benzene rings is 1. The fraction of sp³-hybridized carbons (Fsp3) is 0.474. The van der Waals surface area contributed by atoms with Crippen LogP contribution >= 0.6 is 0 Å². The molecule has 0 spiro atoms. The summed E-state index contributed by atoms with van der Waals surface area (Å²) >= 11 is 0. The molecule has 2 aromatic rings. The second kappa shape index (κ2) is 8.50. The lowest BCUT2D eigenvalue weighted by Crippen LogP contribution is -2.22. The standard InChI is InChI=1S/C19H25F2N3O3Si/c1-28(2,3)9-8-27-12-24-19(17-15(20)10-14(25)11-16(17)21)22-18(23-24)13-4-6-26-7-5-13/h4,10-11,25H,5-9,12H2,1-3H3. The summed E-state index contributed by atoms with van der Waals surface area (Å²) in [6, 6.07) is 2.68. The first-order valence-electron chi connectivity index (χ1n) is 9.23. The Bertz CT molecular complexity index is 855. The number of halogens is 2. The number of ether oxygens (including phenoxy) is 2. The maximum absolute atomic E-state index is 14.4. The van der Waals surface area contributed by atoms with Gasteiger partial charge in [-0.25, -0.2) is 18.4 Å². The van der Waals surface area contributed by atoms with Crippen LogP contribution in [0.3, 0.4) is 0 Å². The Balaban J connectivity index is 1.93. The van der Waals surface area contributed by atoms with E-state index in [-0.39, 0.29) is 18.1 Å².